The van der Waals surface area contributed by atoms with Crippen LogP contribution in [0.25, 0.3) is 22.0 Å². The van der Waals surface area contributed by atoms with Crippen LogP contribution in [-0.2, 0) is 13.1 Å². The number of carbonyl (C=O) groups is 1. The van der Waals surface area contributed by atoms with Gasteiger partial charge in [-0.3, -0.25) is 14.6 Å². The Bertz CT molecular complexity index is 1370. The van der Waals surface area contributed by atoms with E-state index in [9.17, 15) is 9.59 Å². The zero-order chi connectivity index (χ0) is 22.9. The van der Waals surface area contributed by atoms with Gasteiger partial charge >= 0.3 is 0 Å². The molecule has 33 heavy (non-hydrogen) atoms. The minimum Gasteiger partial charge on any atom is -0.333 e. The number of pyridine rings is 2. The zero-order valence-corrected chi connectivity index (χ0v) is 19.0. The fourth-order valence-electron chi connectivity index (χ4n) is 4.71. The molecule has 0 N–H and O–H groups in total. The van der Waals surface area contributed by atoms with Crippen LogP contribution in [0, 0.1) is 12.8 Å². The number of hydrogen-bond donors (Lipinski definition) is 0. The van der Waals surface area contributed by atoms with Crippen molar-refractivity contribution in [3.05, 3.63) is 100 Å². The van der Waals surface area contributed by atoms with Crippen molar-refractivity contribution in [1.82, 2.24) is 14.5 Å². The molecule has 2 aromatic heterocycles. The van der Waals surface area contributed by atoms with E-state index in [0.29, 0.717) is 30.8 Å². The van der Waals surface area contributed by atoms with Crippen molar-refractivity contribution in [2.24, 2.45) is 5.92 Å². The molecule has 1 aliphatic rings. The first-order chi connectivity index (χ1) is 16.0. The summed E-state index contributed by atoms with van der Waals surface area (Å²) in [4.78, 5) is 34.0. The Morgan fingerprint density at radius 1 is 0.970 bits per heavy atom. The van der Waals surface area contributed by atoms with Gasteiger partial charge < -0.3 is 9.47 Å². The maximum absolute atomic E-state index is 14.1. The molecule has 5 rings (SSSR count). The average molecular weight is 438 g/mol. The van der Waals surface area contributed by atoms with E-state index in [4.69, 9.17) is 0 Å². The number of carbonyl (C=O) groups excluding carboxylic acids is 1. The predicted octanol–water partition coefficient (Wildman–Crippen LogP) is 5.05. The van der Waals surface area contributed by atoms with E-state index in [-0.39, 0.29) is 17.4 Å². The van der Waals surface area contributed by atoms with Crippen LogP contribution in [-0.4, -0.2) is 26.9 Å². The topological polar surface area (TPSA) is 55.2 Å². The second-order valence-corrected chi connectivity index (χ2v) is 9.01. The second kappa shape index (κ2) is 8.66. The van der Waals surface area contributed by atoms with E-state index in [1.807, 2.05) is 78.6 Å². The average Bonchev–Trinajstić information content (AvgIpc) is 2.83. The van der Waals surface area contributed by atoms with Gasteiger partial charge in [-0.15, -0.1) is 0 Å². The summed E-state index contributed by atoms with van der Waals surface area (Å²) in [5, 5.41) is 0.722. The van der Waals surface area contributed by atoms with Crippen LogP contribution in [0.3, 0.4) is 0 Å². The van der Waals surface area contributed by atoms with Crippen molar-refractivity contribution in [3.8, 4) is 11.1 Å². The lowest BCUT2D eigenvalue weighted by Gasteiger charge is -2.31. The normalized spacial score (nSPS) is 16.4. The monoisotopic (exact) mass is 437 g/mol. The molecule has 2 aromatic carbocycles. The Balaban J connectivity index is 1.77. The van der Waals surface area contributed by atoms with Gasteiger partial charge in [0.2, 0.25) is 0 Å². The fourth-order valence-corrected chi connectivity index (χ4v) is 4.71. The van der Waals surface area contributed by atoms with E-state index in [0.717, 1.165) is 34.1 Å². The first kappa shape index (κ1) is 21.1. The number of aromatic nitrogens is 2. The minimum absolute atomic E-state index is 0.108. The highest BCUT2D eigenvalue weighted by atomic mass is 16.2. The Morgan fingerprint density at radius 3 is 2.48 bits per heavy atom. The summed E-state index contributed by atoms with van der Waals surface area (Å²) >= 11 is 0. The van der Waals surface area contributed by atoms with Crippen LogP contribution < -0.4 is 5.56 Å². The van der Waals surface area contributed by atoms with Crippen LogP contribution in [0.4, 0.5) is 0 Å². The largest absolute Gasteiger partial charge is 0.333 e. The van der Waals surface area contributed by atoms with Gasteiger partial charge in [-0.25, -0.2) is 0 Å². The number of fused-ring (bicyclic) bond motifs is 2. The third-order valence-corrected chi connectivity index (χ3v) is 6.46. The summed E-state index contributed by atoms with van der Waals surface area (Å²) in [5.41, 5.74) is 4.60. The molecule has 1 aliphatic heterocycles. The first-order valence-corrected chi connectivity index (χ1v) is 11.4. The number of nitrogens with zero attached hydrogens (tertiary/aromatic N) is 3. The number of rotatable bonds is 3. The van der Waals surface area contributed by atoms with Crippen molar-refractivity contribution >= 4 is 16.8 Å². The van der Waals surface area contributed by atoms with E-state index in [1.165, 1.54) is 0 Å². The molecule has 0 saturated carbocycles. The highest BCUT2D eigenvalue weighted by Gasteiger charge is 2.30. The molecule has 5 heteroatoms. The quantitative estimate of drug-likeness (QED) is 0.450. The van der Waals surface area contributed by atoms with Crippen molar-refractivity contribution in [1.29, 1.82) is 0 Å². The van der Waals surface area contributed by atoms with Crippen LogP contribution in [0.5, 0.6) is 0 Å². The molecule has 5 nitrogen and oxygen atoms in total. The van der Waals surface area contributed by atoms with Gasteiger partial charge in [-0.2, -0.15) is 0 Å². The lowest BCUT2D eigenvalue weighted by molar-refractivity contribution is 0.0687. The highest BCUT2D eigenvalue weighted by Crippen LogP contribution is 2.33. The third kappa shape index (κ3) is 3.95. The summed E-state index contributed by atoms with van der Waals surface area (Å²) in [6.45, 7) is 5.85. The van der Waals surface area contributed by atoms with Crippen molar-refractivity contribution < 1.29 is 4.79 Å². The smallest absolute Gasteiger partial charge is 0.277 e. The van der Waals surface area contributed by atoms with Crippen molar-refractivity contribution in [2.45, 2.75) is 33.4 Å². The maximum atomic E-state index is 14.1. The van der Waals surface area contributed by atoms with Gasteiger partial charge in [0.05, 0.1) is 0 Å². The molecule has 0 saturated heterocycles. The highest BCUT2D eigenvalue weighted by molar-refractivity contribution is 6.07. The molecule has 0 bridgehead atoms. The first-order valence-electron chi connectivity index (χ1n) is 11.4. The third-order valence-electron chi connectivity index (χ3n) is 6.46. The van der Waals surface area contributed by atoms with Crippen LogP contribution in [0.15, 0.2) is 77.7 Å². The SMILES string of the molecule is Cc1ccc(-c2c3n(c(=O)c4ncccc24)CC[C@@H](C)CN(Cc2ccccc2)C3=O)cc1. The number of benzene rings is 2. The van der Waals surface area contributed by atoms with Crippen LogP contribution in [0.2, 0.25) is 0 Å². The lowest BCUT2D eigenvalue weighted by Crippen LogP contribution is -2.41. The molecule has 1 atom stereocenters. The van der Waals surface area contributed by atoms with Gasteiger partial charge in [-0.1, -0.05) is 73.2 Å². The maximum Gasteiger partial charge on any atom is 0.277 e. The molecule has 0 fully saturated rings. The van der Waals surface area contributed by atoms with E-state index >= 15 is 0 Å². The van der Waals surface area contributed by atoms with Crippen LogP contribution in [0.1, 0.15) is 35.0 Å². The second-order valence-electron chi connectivity index (χ2n) is 9.01. The summed E-state index contributed by atoms with van der Waals surface area (Å²) < 4.78 is 1.67. The van der Waals surface area contributed by atoms with Gasteiger partial charge in [0.25, 0.3) is 11.5 Å². The molecule has 0 radical (unpaired) electrons. The molecule has 3 heterocycles. The number of hydrogen-bond acceptors (Lipinski definition) is 3. The van der Waals surface area contributed by atoms with Crippen molar-refractivity contribution in [3.63, 3.8) is 0 Å². The van der Waals surface area contributed by atoms with Crippen LogP contribution >= 0.6 is 0 Å². The predicted molar refractivity (Wildman–Crippen MR) is 131 cm³/mol. The Morgan fingerprint density at radius 2 is 1.73 bits per heavy atom. The van der Waals surface area contributed by atoms with Gasteiger partial charge in [0.15, 0.2) is 0 Å². The number of aryl methyl sites for hydroxylation is 1. The standard InChI is InChI=1S/C28H27N3O2/c1-19-10-12-22(13-11-19)24-23-9-6-15-29-25(23)27(32)31-16-14-20(2)17-30(28(33)26(24)31)18-21-7-4-3-5-8-21/h3-13,15,20H,14,16-18H2,1-2H3/t20-/m1/s1. The fraction of sp³-hybridized carbons (Fsp3) is 0.250. The Labute approximate surface area is 193 Å². The molecular weight excluding hydrogens is 410 g/mol. The number of amides is 1. The zero-order valence-electron chi connectivity index (χ0n) is 19.0. The Kier molecular flexibility index (Phi) is 5.55. The minimum atomic E-state index is -0.196. The lowest BCUT2D eigenvalue weighted by atomic mass is 9.95. The summed E-state index contributed by atoms with van der Waals surface area (Å²) in [7, 11) is 0. The van der Waals surface area contributed by atoms with Gasteiger partial charge in [-0.05, 0) is 36.5 Å². The molecule has 0 spiro atoms. The molecule has 1 amide bonds. The van der Waals surface area contributed by atoms with Gasteiger partial charge in [0, 0.05) is 36.8 Å². The van der Waals surface area contributed by atoms with E-state index in [1.54, 1.807) is 10.8 Å². The molecule has 0 aliphatic carbocycles. The van der Waals surface area contributed by atoms with Crippen molar-refractivity contribution in [2.75, 3.05) is 6.54 Å². The summed E-state index contributed by atoms with van der Waals surface area (Å²) in [6.07, 6.45) is 2.46. The molecular formula is C28H27N3O2. The molecule has 4 aromatic rings. The van der Waals surface area contributed by atoms with Gasteiger partial charge in [0.1, 0.15) is 11.2 Å². The summed E-state index contributed by atoms with van der Waals surface area (Å²) in [5.74, 6) is 0.170. The van der Waals surface area contributed by atoms with E-state index < -0.39 is 0 Å². The summed E-state index contributed by atoms with van der Waals surface area (Å²) in [6, 6.07) is 21.9. The molecule has 166 valence electrons. The Hall–Kier alpha value is -3.73. The molecule has 0 unspecified atom stereocenters. The van der Waals surface area contributed by atoms with E-state index in [2.05, 4.69) is 11.9 Å².